The fourth-order valence-electron chi connectivity index (χ4n) is 1.49. The summed E-state index contributed by atoms with van der Waals surface area (Å²) in [6.45, 7) is 2.49. The lowest BCUT2D eigenvalue weighted by atomic mass is 10.3. The zero-order valence-corrected chi connectivity index (χ0v) is 8.84. The fourth-order valence-corrected chi connectivity index (χ4v) is 1.49. The van der Waals surface area contributed by atoms with Gasteiger partial charge in [0, 0.05) is 31.1 Å². The van der Waals surface area contributed by atoms with Crippen molar-refractivity contribution >= 4 is 0 Å². The van der Waals surface area contributed by atoms with Gasteiger partial charge in [0.15, 0.2) is 0 Å². The van der Waals surface area contributed by atoms with Crippen LogP contribution in [0.4, 0.5) is 0 Å². The molecule has 4 heteroatoms. The molecule has 0 radical (unpaired) electrons. The van der Waals surface area contributed by atoms with E-state index in [9.17, 15) is 4.79 Å². The van der Waals surface area contributed by atoms with Crippen molar-refractivity contribution in [2.75, 3.05) is 0 Å². The number of hydrogen-bond donors (Lipinski definition) is 0. The van der Waals surface area contributed by atoms with Gasteiger partial charge >= 0.3 is 0 Å². The molecular weight excluding hydrogens is 190 g/mol. The summed E-state index contributed by atoms with van der Waals surface area (Å²) in [5, 5.41) is 4.06. The first kappa shape index (κ1) is 9.71. The highest BCUT2D eigenvalue weighted by molar-refractivity contribution is 5.11. The lowest BCUT2D eigenvalue weighted by Gasteiger charge is -2.03. The monoisotopic (exact) mass is 203 g/mol. The molecule has 0 bridgehead atoms. The molecule has 4 nitrogen and oxygen atoms in total. The third kappa shape index (κ3) is 2.15. The van der Waals surface area contributed by atoms with Crippen molar-refractivity contribution in [1.82, 2.24) is 14.3 Å². The topological polar surface area (TPSA) is 39.8 Å². The van der Waals surface area contributed by atoms with Gasteiger partial charge in [-0.25, -0.2) is 0 Å². The zero-order chi connectivity index (χ0) is 10.8. The Morgan fingerprint density at radius 2 is 2.27 bits per heavy atom. The SMILES string of the molecule is Cc1ccn(Cc2cnn(C)c2)c(=O)c1. The minimum atomic E-state index is 0.0267. The number of nitrogens with zero attached hydrogens (tertiary/aromatic N) is 3. The van der Waals surface area contributed by atoms with E-state index in [1.807, 2.05) is 32.4 Å². The van der Waals surface area contributed by atoms with Crippen molar-refractivity contribution in [2.24, 2.45) is 7.05 Å². The molecule has 0 unspecified atom stereocenters. The first-order valence-electron chi connectivity index (χ1n) is 4.80. The van der Waals surface area contributed by atoms with Gasteiger partial charge in [-0.3, -0.25) is 9.48 Å². The van der Waals surface area contributed by atoms with Crippen molar-refractivity contribution in [1.29, 1.82) is 0 Å². The summed E-state index contributed by atoms with van der Waals surface area (Å²) in [6.07, 6.45) is 5.49. The number of pyridine rings is 1. The maximum atomic E-state index is 11.6. The minimum Gasteiger partial charge on any atom is -0.311 e. The second-order valence-corrected chi connectivity index (χ2v) is 3.69. The lowest BCUT2D eigenvalue weighted by molar-refractivity contribution is 0.748. The van der Waals surface area contributed by atoms with E-state index in [-0.39, 0.29) is 5.56 Å². The third-order valence-corrected chi connectivity index (χ3v) is 2.26. The Morgan fingerprint density at radius 3 is 2.87 bits per heavy atom. The van der Waals surface area contributed by atoms with Crippen LogP contribution in [0.25, 0.3) is 0 Å². The minimum absolute atomic E-state index is 0.0267. The molecule has 0 fully saturated rings. The summed E-state index contributed by atoms with van der Waals surface area (Å²) in [6, 6.07) is 3.56. The molecule has 0 N–H and O–H groups in total. The third-order valence-electron chi connectivity index (χ3n) is 2.26. The van der Waals surface area contributed by atoms with Crippen molar-refractivity contribution in [3.05, 3.63) is 52.2 Å². The van der Waals surface area contributed by atoms with E-state index in [1.54, 1.807) is 21.5 Å². The molecule has 2 heterocycles. The second-order valence-electron chi connectivity index (χ2n) is 3.69. The molecular formula is C11H13N3O. The number of rotatable bonds is 2. The van der Waals surface area contributed by atoms with E-state index in [1.165, 1.54) is 0 Å². The molecule has 0 atom stereocenters. The average Bonchev–Trinajstić information content (AvgIpc) is 2.56. The number of aromatic nitrogens is 3. The molecule has 0 spiro atoms. The van der Waals surface area contributed by atoms with Crippen LogP contribution < -0.4 is 5.56 Å². The van der Waals surface area contributed by atoms with Gasteiger partial charge in [-0.2, -0.15) is 5.10 Å². The molecule has 0 saturated heterocycles. The van der Waals surface area contributed by atoms with Gasteiger partial charge in [0.25, 0.3) is 5.56 Å². The van der Waals surface area contributed by atoms with Gasteiger partial charge in [0.05, 0.1) is 12.7 Å². The molecule has 0 aromatic carbocycles. The maximum Gasteiger partial charge on any atom is 0.251 e. The van der Waals surface area contributed by atoms with E-state index in [2.05, 4.69) is 5.10 Å². The molecule has 0 aliphatic rings. The van der Waals surface area contributed by atoms with Gasteiger partial charge in [-0.1, -0.05) is 0 Å². The zero-order valence-electron chi connectivity index (χ0n) is 8.84. The predicted molar refractivity (Wildman–Crippen MR) is 57.7 cm³/mol. The van der Waals surface area contributed by atoms with Crippen molar-refractivity contribution in [3.8, 4) is 0 Å². The van der Waals surface area contributed by atoms with Crippen LogP contribution in [0.1, 0.15) is 11.1 Å². The Morgan fingerprint density at radius 1 is 1.47 bits per heavy atom. The summed E-state index contributed by atoms with van der Waals surface area (Å²) in [5.41, 5.74) is 2.05. The highest BCUT2D eigenvalue weighted by Crippen LogP contribution is 1.99. The van der Waals surface area contributed by atoms with Gasteiger partial charge in [0.1, 0.15) is 0 Å². The molecule has 0 aliphatic heterocycles. The van der Waals surface area contributed by atoms with Crippen LogP contribution >= 0.6 is 0 Å². The number of hydrogen-bond acceptors (Lipinski definition) is 2. The standard InChI is InChI=1S/C11H13N3O/c1-9-3-4-14(11(15)5-9)8-10-6-12-13(2)7-10/h3-7H,8H2,1-2H3. The van der Waals surface area contributed by atoms with Gasteiger partial charge in [0.2, 0.25) is 0 Å². The van der Waals surface area contributed by atoms with E-state index in [4.69, 9.17) is 0 Å². The van der Waals surface area contributed by atoms with Crippen LogP contribution in [0.5, 0.6) is 0 Å². The average molecular weight is 203 g/mol. The van der Waals surface area contributed by atoms with E-state index in [0.29, 0.717) is 6.54 Å². The Labute approximate surface area is 87.8 Å². The molecule has 2 aromatic rings. The van der Waals surface area contributed by atoms with E-state index in [0.717, 1.165) is 11.1 Å². The Bertz CT molecular complexity index is 525. The van der Waals surface area contributed by atoms with Crippen LogP contribution in [-0.4, -0.2) is 14.3 Å². The summed E-state index contributed by atoms with van der Waals surface area (Å²) in [4.78, 5) is 11.6. The van der Waals surface area contributed by atoms with Crippen LogP contribution in [0.3, 0.4) is 0 Å². The first-order valence-corrected chi connectivity index (χ1v) is 4.80. The molecule has 15 heavy (non-hydrogen) atoms. The summed E-state index contributed by atoms with van der Waals surface area (Å²) in [5.74, 6) is 0. The van der Waals surface area contributed by atoms with Crippen molar-refractivity contribution in [3.63, 3.8) is 0 Å². The summed E-state index contributed by atoms with van der Waals surface area (Å²) in [7, 11) is 1.86. The Hall–Kier alpha value is -1.84. The largest absolute Gasteiger partial charge is 0.311 e. The Balaban J connectivity index is 2.28. The van der Waals surface area contributed by atoms with Crippen LogP contribution in [0.2, 0.25) is 0 Å². The maximum absolute atomic E-state index is 11.6. The normalized spacial score (nSPS) is 10.5. The molecule has 0 aliphatic carbocycles. The highest BCUT2D eigenvalue weighted by Gasteiger charge is 1.99. The van der Waals surface area contributed by atoms with Crippen LogP contribution in [0.15, 0.2) is 35.5 Å². The van der Waals surface area contributed by atoms with E-state index >= 15 is 0 Å². The summed E-state index contributed by atoms with van der Waals surface area (Å²) >= 11 is 0. The van der Waals surface area contributed by atoms with Crippen LogP contribution in [0, 0.1) is 6.92 Å². The Kier molecular flexibility index (Phi) is 2.41. The highest BCUT2D eigenvalue weighted by atomic mass is 16.1. The smallest absolute Gasteiger partial charge is 0.251 e. The van der Waals surface area contributed by atoms with Crippen molar-refractivity contribution in [2.45, 2.75) is 13.5 Å². The second kappa shape index (κ2) is 3.73. The first-order chi connectivity index (χ1) is 7.15. The predicted octanol–water partition coefficient (Wildman–Crippen LogP) is 0.939. The summed E-state index contributed by atoms with van der Waals surface area (Å²) < 4.78 is 3.40. The van der Waals surface area contributed by atoms with E-state index < -0.39 is 0 Å². The van der Waals surface area contributed by atoms with Gasteiger partial charge < -0.3 is 4.57 Å². The van der Waals surface area contributed by atoms with Gasteiger partial charge in [-0.05, 0) is 18.6 Å². The fraction of sp³-hybridized carbons (Fsp3) is 0.273. The molecule has 0 saturated carbocycles. The van der Waals surface area contributed by atoms with Crippen molar-refractivity contribution < 1.29 is 0 Å². The quantitative estimate of drug-likeness (QED) is 0.728. The van der Waals surface area contributed by atoms with Gasteiger partial charge in [-0.15, -0.1) is 0 Å². The molecule has 2 rings (SSSR count). The number of aryl methyl sites for hydroxylation is 2. The van der Waals surface area contributed by atoms with Crippen LogP contribution in [-0.2, 0) is 13.6 Å². The molecule has 0 amide bonds. The molecule has 2 aromatic heterocycles. The lowest BCUT2D eigenvalue weighted by Crippen LogP contribution is -2.18. The molecule has 78 valence electrons.